The van der Waals surface area contributed by atoms with Crippen molar-refractivity contribution in [3.05, 3.63) is 29.8 Å². The van der Waals surface area contributed by atoms with Gasteiger partial charge in [-0.1, -0.05) is 19.1 Å². The van der Waals surface area contributed by atoms with Gasteiger partial charge in [-0.25, -0.2) is 4.68 Å². The first-order valence-electron chi connectivity index (χ1n) is 6.28. The van der Waals surface area contributed by atoms with Crippen LogP contribution in [0.15, 0.2) is 34.3 Å². The first-order valence-corrected chi connectivity index (χ1v) is 7.09. The van der Waals surface area contributed by atoms with E-state index in [9.17, 15) is 9.59 Å². The Morgan fingerprint density at radius 2 is 2.00 bits per heavy atom. The van der Waals surface area contributed by atoms with Gasteiger partial charge in [0.05, 0.1) is 7.11 Å². The third kappa shape index (κ3) is 3.88. The minimum absolute atomic E-state index is 0.0434. The van der Waals surface area contributed by atoms with Crippen LogP contribution in [0.25, 0.3) is 0 Å². The molecule has 0 fully saturated rings. The highest BCUT2D eigenvalue weighted by Gasteiger charge is 2.12. The van der Waals surface area contributed by atoms with Gasteiger partial charge >= 0.3 is 5.97 Å². The molecule has 0 radical (unpaired) electrons. The van der Waals surface area contributed by atoms with Gasteiger partial charge < -0.3 is 4.74 Å². The van der Waals surface area contributed by atoms with Gasteiger partial charge in [-0.2, -0.15) is 0 Å². The monoisotopic (exact) mass is 306 g/mol. The summed E-state index contributed by atoms with van der Waals surface area (Å²) >= 11 is 1.31. The fourth-order valence-corrected chi connectivity index (χ4v) is 2.34. The number of ketones is 1. The number of methoxy groups -OCH3 is 1. The number of esters is 1. The van der Waals surface area contributed by atoms with Crippen LogP contribution >= 0.6 is 11.8 Å². The summed E-state index contributed by atoms with van der Waals surface area (Å²) in [7, 11) is 1.31. The van der Waals surface area contributed by atoms with Crippen molar-refractivity contribution in [1.29, 1.82) is 0 Å². The van der Waals surface area contributed by atoms with Crippen LogP contribution in [-0.4, -0.2) is 39.1 Å². The van der Waals surface area contributed by atoms with Crippen molar-refractivity contribution in [3.63, 3.8) is 0 Å². The molecule has 110 valence electrons. The average Bonchev–Trinajstić information content (AvgIpc) is 2.94. The number of nitrogens with zero attached hydrogens (tertiary/aromatic N) is 4. The second-order valence-electron chi connectivity index (χ2n) is 4.10. The molecule has 2 aromatic rings. The van der Waals surface area contributed by atoms with Crippen LogP contribution in [0.3, 0.4) is 0 Å². The van der Waals surface area contributed by atoms with E-state index in [2.05, 4.69) is 20.3 Å². The van der Waals surface area contributed by atoms with E-state index < -0.39 is 5.97 Å². The zero-order valence-electron chi connectivity index (χ0n) is 11.6. The lowest BCUT2D eigenvalue weighted by atomic mass is 10.1. The summed E-state index contributed by atoms with van der Waals surface area (Å²) < 4.78 is 5.94. The molecule has 0 amide bonds. The van der Waals surface area contributed by atoms with E-state index in [0.717, 1.165) is 4.90 Å². The molecule has 0 aliphatic carbocycles. The maximum absolute atomic E-state index is 11.6. The molecule has 0 saturated carbocycles. The van der Waals surface area contributed by atoms with E-state index in [0.29, 0.717) is 17.1 Å². The number of Topliss-reactive ketones (excluding diaryl/α,β-unsaturated/α-hetero) is 1. The lowest BCUT2D eigenvalue weighted by molar-refractivity contribution is -0.141. The average molecular weight is 306 g/mol. The smallest absolute Gasteiger partial charge is 0.327 e. The van der Waals surface area contributed by atoms with Crippen LogP contribution in [0.4, 0.5) is 0 Å². The summed E-state index contributed by atoms with van der Waals surface area (Å²) in [6, 6.07) is 7.18. The van der Waals surface area contributed by atoms with Crippen molar-refractivity contribution in [2.24, 2.45) is 0 Å². The molecule has 2 rings (SSSR count). The van der Waals surface area contributed by atoms with Gasteiger partial charge in [0.15, 0.2) is 5.78 Å². The van der Waals surface area contributed by atoms with Crippen molar-refractivity contribution in [2.75, 3.05) is 7.11 Å². The molecule has 1 aromatic heterocycles. The van der Waals surface area contributed by atoms with Gasteiger partial charge in [-0.05, 0) is 34.3 Å². The molecule has 0 atom stereocenters. The molecule has 7 nitrogen and oxygen atoms in total. The fraction of sp³-hybridized carbons (Fsp3) is 0.308. The van der Waals surface area contributed by atoms with Crippen molar-refractivity contribution in [2.45, 2.75) is 29.9 Å². The van der Waals surface area contributed by atoms with Crippen molar-refractivity contribution in [3.8, 4) is 0 Å². The second kappa shape index (κ2) is 6.98. The van der Waals surface area contributed by atoms with Crippen LogP contribution in [0.1, 0.15) is 23.7 Å². The van der Waals surface area contributed by atoms with Crippen LogP contribution in [0, 0.1) is 0 Å². The number of aromatic nitrogens is 4. The minimum atomic E-state index is -0.423. The molecule has 0 aliphatic rings. The predicted octanol–water partition coefficient (Wildman–Crippen LogP) is 1.59. The predicted molar refractivity (Wildman–Crippen MR) is 75.0 cm³/mol. The van der Waals surface area contributed by atoms with E-state index >= 15 is 0 Å². The van der Waals surface area contributed by atoms with E-state index in [4.69, 9.17) is 0 Å². The Kier molecular flexibility index (Phi) is 5.04. The van der Waals surface area contributed by atoms with E-state index in [1.165, 1.54) is 23.6 Å². The Morgan fingerprint density at radius 3 is 2.62 bits per heavy atom. The lowest BCUT2D eigenvalue weighted by Crippen LogP contribution is -2.13. The maximum atomic E-state index is 11.6. The number of hydrogen-bond acceptors (Lipinski definition) is 7. The molecule has 0 bridgehead atoms. The van der Waals surface area contributed by atoms with Crippen LogP contribution in [-0.2, 0) is 16.1 Å². The summed E-state index contributed by atoms with van der Waals surface area (Å²) in [5.41, 5.74) is 0.677. The molecule has 8 heteroatoms. The van der Waals surface area contributed by atoms with Gasteiger partial charge in [0.25, 0.3) is 0 Å². The summed E-state index contributed by atoms with van der Waals surface area (Å²) in [5.74, 6) is -0.324. The highest BCUT2D eigenvalue weighted by molar-refractivity contribution is 7.99. The van der Waals surface area contributed by atoms with Crippen LogP contribution < -0.4 is 0 Å². The third-order valence-corrected chi connectivity index (χ3v) is 3.69. The number of hydrogen-bond donors (Lipinski definition) is 0. The number of tetrazole rings is 1. The number of benzene rings is 1. The molecule has 1 heterocycles. The number of carbonyl (C=O) groups is 2. The molecule has 0 aliphatic heterocycles. The topological polar surface area (TPSA) is 87.0 Å². The van der Waals surface area contributed by atoms with E-state index in [-0.39, 0.29) is 12.3 Å². The Morgan fingerprint density at radius 1 is 1.29 bits per heavy atom. The summed E-state index contributed by atoms with van der Waals surface area (Å²) in [5, 5.41) is 11.6. The van der Waals surface area contributed by atoms with Gasteiger partial charge in [-0.3, -0.25) is 9.59 Å². The second-order valence-corrected chi connectivity index (χ2v) is 5.14. The summed E-state index contributed by atoms with van der Waals surface area (Å²) in [6.45, 7) is 1.78. The Labute approximate surface area is 125 Å². The van der Waals surface area contributed by atoms with Crippen LogP contribution in [0.2, 0.25) is 0 Å². The molecular weight excluding hydrogens is 292 g/mol. The number of rotatable bonds is 6. The first-order chi connectivity index (χ1) is 10.1. The third-order valence-electron chi connectivity index (χ3n) is 2.71. The largest absolute Gasteiger partial charge is 0.468 e. The van der Waals surface area contributed by atoms with E-state index in [1.807, 2.05) is 19.1 Å². The molecule has 0 N–H and O–H groups in total. The summed E-state index contributed by atoms with van der Waals surface area (Å²) in [6.07, 6.45) is 0.476. The van der Waals surface area contributed by atoms with Gasteiger partial charge in [0.2, 0.25) is 5.16 Å². The summed E-state index contributed by atoms with van der Waals surface area (Å²) in [4.78, 5) is 23.7. The Hall–Kier alpha value is -2.22. The standard InChI is InChI=1S/C13H14N4O3S/c1-3-11(18)9-4-6-10(7-5-9)21-13-14-15-16-17(13)8-12(19)20-2/h4-7H,3,8H2,1-2H3. The molecular formula is C13H14N4O3S. The van der Waals surface area contributed by atoms with E-state index in [1.54, 1.807) is 12.1 Å². The van der Waals surface area contributed by atoms with Gasteiger partial charge in [-0.15, -0.1) is 5.10 Å². The van der Waals surface area contributed by atoms with Crippen molar-refractivity contribution >= 4 is 23.5 Å². The van der Waals surface area contributed by atoms with Crippen molar-refractivity contribution in [1.82, 2.24) is 20.2 Å². The SMILES string of the molecule is CCC(=O)c1ccc(Sc2nnnn2CC(=O)OC)cc1. The molecule has 1 aromatic carbocycles. The quantitative estimate of drug-likeness (QED) is 0.591. The first kappa shape index (κ1) is 15.2. The Bertz CT molecular complexity index is 639. The molecule has 0 unspecified atom stereocenters. The van der Waals surface area contributed by atoms with Gasteiger partial charge in [0.1, 0.15) is 6.54 Å². The lowest BCUT2D eigenvalue weighted by Gasteiger charge is -2.04. The minimum Gasteiger partial charge on any atom is -0.468 e. The number of ether oxygens (including phenoxy) is 1. The maximum Gasteiger partial charge on any atom is 0.327 e. The molecule has 0 saturated heterocycles. The number of carbonyl (C=O) groups excluding carboxylic acids is 2. The van der Waals surface area contributed by atoms with Crippen LogP contribution in [0.5, 0.6) is 0 Å². The highest BCUT2D eigenvalue weighted by atomic mass is 32.2. The molecule has 21 heavy (non-hydrogen) atoms. The normalized spacial score (nSPS) is 10.4. The van der Waals surface area contributed by atoms with Crippen molar-refractivity contribution < 1.29 is 14.3 Å². The molecule has 0 spiro atoms. The zero-order valence-corrected chi connectivity index (χ0v) is 12.5. The highest BCUT2D eigenvalue weighted by Crippen LogP contribution is 2.25. The Balaban J connectivity index is 2.10. The van der Waals surface area contributed by atoms with Gasteiger partial charge in [0, 0.05) is 16.9 Å². The zero-order chi connectivity index (χ0) is 15.2. The fourth-order valence-electron chi connectivity index (χ4n) is 1.57.